The third-order valence-corrected chi connectivity index (χ3v) is 5.55. The highest BCUT2D eigenvalue weighted by Crippen LogP contribution is 2.06. The molecule has 0 atom stereocenters. The van der Waals surface area contributed by atoms with E-state index in [0.717, 1.165) is 51.4 Å². The molecule has 0 heterocycles. The first-order valence-corrected chi connectivity index (χ1v) is 13.5. The number of nitrogens with zero attached hydrogens (tertiary/aromatic N) is 2. The van der Waals surface area contributed by atoms with Gasteiger partial charge in [0.25, 0.3) is 0 Å². The number of carbonyl (C=O) groups is 4. The Morgan fingerprint density at radius 2 is 0.824 bits per heavy atom. The van der Waals surface area contributed by atoms with Crippen LogP contribution < -0.4 is 10.6 Å². The minimum atomic E-state index is 0.0655. The van der Waals surface area contributed by atoms with Gasteiger partial charge >= 0.3 is 0 Å². The first-order valence-electron chi connectivity index (χ1n) is 13.5. The Morgan fingerprint density at radius 1 is 0.500 bits per heavy atom. The van der Waals surface area contributed by atoms with Gasteiger partial charge in [0.2, 0.25) is 23.6 Å². The van der Waals surface area contributed by atoms with E-state index in [1.165, 1.54) is 0 Å². The number of hydrogen-bond acceptors (Lipinski definition) is 4. The predicted octanol–water partition coefficient (Wildman–Crippen LogP) is 3.64. The Balaban J connectivity index is 4.51. The SMILES string of the molecule is CCCC(=O)NCCCN(CCCCN(CCCNC(=O)CCC)C(=O)CCC)C(=O)CCC. The molecule has 0 unspecified atom stereocenters. The van der Waals surface area contributed by atoms with Gasteiger partial charge in [-0.25, -0.2) is 0 Å². The molecule has 0 aliphatic carbocycles. The van der Waals surface area contributed by atoms with Crippen LogP contribution in [0.4, 0.5) is 0 Å². The summed E-state index contributed by atoms with van der Waals surface area (Å²) in [5, 5.41) is 5.81. The Kier molecular flexibility index (Phi) is 20.1. The van der Waals surface area contributed by atoms with Crippen molar-refractivity contribution in [1.82, 2.24) is 20.4 Å². The maximum atomic E-state index is 12.5. The number of amides is 4. The lowest BCUT2D eigenvalue weighted by molar-refractivity contribution is -0.133. The largest absolute Gasteiger partial charge is 0.356 e. The van der Waals surface area contributed by atoms with Crippen molar-refractivity contribution in [2.75, 3.05) is 39.3 Å². The van der Waals surface area contributed by atoms with E-state index < -0.39 is 0 Å². The molecule has 0 radical (unpaired) electrons. The predicted molar refractivity (Wildman–Crippen MR) is 137 cm³/mol. The summed E-state index contributed by atoms with van der Waals surface area (Å²) < 4.78 is 0. The number of rotatable bonds is 21. The number of carbonyl (C=O) groups excluding carboxylic acids is 4. The van der Waals surface area contributed by atoms with Gasteiger partial charge in [-0.15, -0.1) is 0 Å². The molecule has 0 bridgehead atoms. The Labute approximate surface area is 207 Å². The van der Waals surface area contributed by atoms with Crippen molar-refractivity contribution in [3.05, 3.63) is 0 Å². The maximum absolute atomic E-state index is 12.5. The van der Waals surface area contributed by atoms with E-state index in [9.17, 15) is 19.2 Å². The zero-order valence-electron chi connectivity index (χ0n) is 22.3. The average Bonchev–Trinajstić information content (AvgIpc) is 2.79. The average molecular weight is 483 g/mol. The summed E-state index contributed by atoms with van der Waals surface area (Å²) >= 11 is 0. The molecule has 2 N–H and O–H groups in total. The zero-order valence-corrected chi connectivity index (χ0v) is 22.3. The van der Waals surface area contributed by atoms with Crippen LogP contribution in [0.1, 0.15) is 105 Å². The summed E-state index contributed by atoms with van der Waals surface area (Å²) in [6.45, 7) is 11.8. The summed E-state index contributed by atoms with van der Waals surface area (Å²) in [7, 11) is 0. The highest BCUT2D eigenvalue weighted by Gasteiger charge is 2.15. The molecule has 0 aromatic rings. The Morgan fingerprint density at radius 3 is 1.15 bits per heavy atom. The summed E-state index contributed by atoms with van der Waals surface area (Å²) in [6.07, 6.45) is 8.60. The van der Waals surface area contributed by atoms with Gasteiger partial charge in [-0.1, -0.05) is 27.7 Å². The second-order valence-corrected chi connectivity index (χ2v) is 8.88. The van der Waals surface area contributed by atoms with Crippen molar-refractivity contribution in [2.45, 2.75) is 105 Å². The van der Waals surface area contributed by atoms with E-state index in [4.69, 9.17) is 0 Å². The van der Waals surface area contributed by atoms with Crippen LogP contribution in [0, 0.1) is 0 Å². The van der Waals surface area contributed by atoms with Gasteiger partial charge < -0.3 is 20.4 Å². The maximum Gasteiger partial charge on any atom is 0.222 e. The van der Waals surface area contributed by atoms with Crippen molar-refractivity contribution in [2.24, 2.45) is 0 Å². The molecular weight excluding hydrogens is 432 g/mol. The summed E-state index contributed by atoms with van der Waals surface area (Å²) in [5.74, 6) is 0.444. The van der Waals surface area contributed by atoms with E-state index in [0.29, 0.717) is 65.0 Å². The lowest BCUT2D eigenvalue weighted by Gasteiger charge is -2.25. The van der Waals surface area contributed by atoms with Crippen LogP contribution in [0.5, 0.6) is 0 Å². The molecule has 0 aromatic carbocycles. The van der Waals surface area contributed by atoms with Gasteiger partial charge in [-0.05, 0) is 51.4 Å². The zero-order chi connectivity index (χ0) is 25.6. The van der Waals surface area contributed by atoms with Crippen LogP contribution in [0.25, 0.3) is 0 Å². The lowest BCUT2D eigenvalue weighted by atomic mass is 10.2. The van der Waals surface area contributed by atoms with Gasteiger partial charge in [0.1, 0.15) is 0 Å². The normalized spacial score (nSPS) is 10.6. The minimum Gasteiger partial charge on any atom is -0.356 e. The topological polar surface area (TPSA) is 98.8 Å². The van der Waals surface area contributed by atoms with Crippen molar-refractivity contribution >= 4 is 23.6 Å². The van der Waals surface area contributed by atoms with Gasteiger partial charge in [0, 0.05) is 65.0 Å². The lowest BCUT2D eigenvalue weighted by Crippen LogP contribution is -2.37. The fourth-order valence-corrected chi connectivity index (χ4v) is 3.70. The number of nitrogens with one attached hydrogen (secondary N) is 2. The van der Waals surface area contributed by atoms with Gasteiger partial charge in [0.05, 0.1) is 0 Å². The summed E-state index contributed by atoms with van der Waals surface area (Å²) in [4.78, 5) is 52.0. The molecule has 8 nitrogen and oxygen atoms in total. The molecule has 0 spiro atoms. The molecule has 0 aromatic heterocycles. The monoisotopic (exact) mass is 482 g/mol. The quantitative estimate of drug-likeness (QED) is 0.244. The molecule has 198 valence electrons. The molecule has 0 rings (SSSR count). The molecule has 0 saturated heterocycles. The molecule has 34 heavy (non-hydrogen) atoms. The van der Waals surface area contributed by atoms with Gasteiger partial charge in [-0.2, -0.15) is 0 Å². The van der Waals surface area contributed by atoms with Crippen molar-refractivity contribution in [1.29, 1.82) is 0 Å². The molecule has 0 fully saturated rings. The van der Waals surface area contributed by atoms with E-state index in [1.54, 1.807) is 0 Å². The second-order valence-electron chi connectivity index (χ2n) is 8.88. The standard InChI is InChI=1S/C26H50N4O4/c1-5-13-23(31)27-17-11-21-29(25(33)15-7-3)19-9-10-20-30(26(34)16-8-4)22-12-18-28-24(32)14-6-2/h5-22H2,1-4H3,(H,27,31)(H,28,32). The number of unbranched alkanes of at least 4 members (excludes halogenated alkanes) is 1. The van der Waals surface area contributed by atoms with Gasteiger partial charge in [0.15, 0.2) is 0 Å². The third-order valence-electron chi connectivity index (χ3n) is 5.55. The molecule has 0 aliphatic rings. The number of hydrogen-bond donors (Lipinski definition) is 2. The molecular formula is C26H50N4O4. The highest BCUT2D eigenvalue weighted by molar-refractivity contribution is 5.77. The molecule has 0 aliphatic heterocycles. The third kappa shape index (κ3) is 16.5. The Hall–Kier alpha value is -2.12. The van der Waals surface area contributed by atoms with Crippen LogP contribution in [0.15, 0.2) is 0 Å². The fourth-order valence-electron chi connectivity index (χ4n) is 3.70. The van der Waals surface area contributed by atoms with E-state index >= 15 is 0 Å². The highest BCUT2D eigenvalue weighted by atomic mass is 16.2. The van der Waals surface area contributed by atoms with Crippen molar-refractivity contribution in [3.63, 3.8) is 0 Å². The smallest absolute Gasteiger partial charge is 0.222 e. The molecule has 8 heteroatoms. The van der Waals surface area contributed by atoms with E-state index in [1.807, 2.05) is 37.5 Å². The van der Waals surface area contributed by atoms with Gasteiger partial charge in [-0.3, -0.25) is 19.2 Å². The summed E-state index contributed by atoms with van der Waals surface area (Å²) in [5.41, 5.74) is 0. The molecule has 0 saturated carbocycles. The first kappa shape index (κ1) is 31.9. The van der Waals surface area contributed by atoms with Crippen molar-refractivity contribution < 1.29 is 19.2 Å². The van der Waals surface area contributed by atoms with Crippen molar-refractivity contribution in [3.8, 4) is 0 Å². The summed E-state index contributed by atoms with van der Waals surface area (Å²) in [6, 6.07) is 0. The van der Waals surface area contributed by atoms with Crippen LogP contribution in [0.2, 0.25) is 0 Å². The molecule has 4 amide bonds. The van der Waals surface area contributed by atoms with E-state index in [2.05, 4.69) is 10.6 Å². The van der Waals surface area contributed by atoms with Crippen LogP contribution >= 0.6 is 0 Å². The van der Waals surface area contributed by atoms with Crippen LogP contribution in [-0.4, -0.2) is 72.7 Å². The van der Waals surface area contributed by atoms with Crippen LogP contribution in [-0.2, 0) is 19.2 Å². The minimum absolute atomic E-state index is 0.0655. The van der Waals surface area contributed by atoms with E-state index in [-0.39, 0.29) is 23.6 Å². The fraction of sp³-hybridized carbons (Fsp3) is 0.846. The first-order chi connectivity index (χ1) is 16.4. The second kappa shape index (κ2) is 21.4. The van der Waals surface area contributed by atoms with Crippen LogP contribution in [0.3, 0.4) is 0 Å². The Bertz CT molecular complexity index is 533.